The summed E-state index contributed by atoms with van der Waals surface area (Å²) in [5, 5.41) is 17.2. The highest BCUT2D eigenvalue weighted by atomic mass is 32.2. The van der Waals surface area contributed by atoms with E-state index in [1.165, 1.54) is 35.7 Å². The number of guanidine groups is 1. The molecule has 1 aromatic carbocycles. The zero-order valence-electron chi connectivity index (χ0n) is 20.9. The van der Waals surface area contributed by atoms with Gasteiger partial charge in [-0.05, 0) is 43.3 Å². The molecule has 0 saturated carbocycles. The average molecular weight is 577 g/mol. The summed E-state index contributed by atoms with van der Waals surface area (Å²) in [5.41, 5.74) is 11.3. The summed E-state index contributed by atoms with van der Waals surface area (Å²) in [6, 6.07) is 7.41. The molecular weight excluding hydrogens is 548 g/mol. The number of carboxylic acid groups (broad SMARTS) is 1. The van der Waals surface area contributed by atoms with E-state index in [1.54, 1.807) is 13.0 Å². The normalized spacial score (nSPS) is 11.9. The average Bonchev–Trinajstić information content (AvgIpc) is 3.52. The molecule has 2 heterocycles. The smallest absolute Gasteiger partial charge is 0.326 e. The minimum absolute atomic E-state index is 0.0239. The van der Waals surface area contributed by atoms with E-state index in [1.807, 2.05) is 0 Å². The SMILES string of the molecule is Cc1cc(CCC(=O)c2cccc(S(=O)(=O)Nc3ccsc3C(=O)N[C@@H](CCCN=C(N)N)C(=O)O)c2)no1. The first-order chi connectivity index (χ1) is 18.5. The van der Waals surface area contributed by atoms with Crippen LogP contribution in [0.4, 0.5) is 5.69 Å². The second-order valence-electron chi connectivity index (χ2n) is 8.46. The standard InChI is InChI=1S/C24H28N6O7S2/c1-14-12-16(29-37-14)7-8-20(31)15-4-2-5-17(13-15)39(35,36)30-18-9-11-38-21(18)22(32)28-19(23(33)34)6-3-10-27-24(25)26/h2,4-5,9,11-13,19,30H,3,6-8,10H2,1H3,(H,28,32)(H,33,34)(H4,25,26,27)/t19-/m0/s1. The summed E-state index contributed by atoms with van der Waals surface area (Å²) < 4.78 is 33.5. The Bertz CT molecular complexity index is 1480. The number of thiophene rings is 1. The number of anilines is 1. The van der Waals surface area contributed by atoms with Crippen LogP contribution in [0.5, 0.6) is 0 Å². The summed E-state index contributed by atoms with van der Waals surface area (Å²) in [5.74, 6) is -1.80. The molecule has 1 amide bonds. The number of rotatable bonds is 14. The molecule has 0 unspecified atom stereocenters. The van der Waals surface area contributed by atoms with Gasteiger partial charge < -0.3 is 26.4 Å². The first-order valence-corrected chi connectivity index (χ1v) is 14.1. The van der Waals surface area contributed by atoms with Gasteiger partial charge in [-0.1, -0.05) is 17.3 Å². The number of benzene rings is 1. The molecule has 15 heteroatoms. The molecule has 39 heavy (non-hydrogen) atoms. The summed E-state index contributed by atoms with van der Waals surface area (Å²) in [6.07, 6.45) is 0.798. The van der Waals surface area contributed by atoms with Crippen LogP contribution in [0.1, 0.15) is 50.7 Å². The Hall–Kier alpha value is -4.24. The van der Waals surface area contributed by atoms with Crippen LogP contribution in [0.2, 0.25) is 0 Å². The third-order valence-electron chi connectivity index (χ3n) is 5.42. The summed E-state index contributed by atoms with van der Waals surface area (Å²) in [7, 11) is -4.19. The molecule has 208 valence electrons. The van der Waals surface area contributed by atoms with E-state index in [0.29, 0.717) is 24.3 Å². The third-order valence-corrected chi connectivity index (χ3v) is 7.69. The first kappa shape index (κ1) is 29.3. The van der Waals surface area contributed by atoms with Gasteiger partial charge >= 0.3 is 5.97 Å². The van der Waals surface area contributed by atoms with Crippen LogP contribution in [0.3, 0.4) is 0 Å². The predicted octanol–water partition coefficient (Wildman–Crippen LogP) is 1.90. The lowest BCUT2D eigenvalue weighted by Gasteiger charge is -2.15. The van der Waals surface area contributed by atoms with Gasteiger partial charge in [-0.3, -0.25) is 19.3 Å². The number of sulfonamides is 1. The Morgan fingerprint density at radius 3 is 2.64 bits per heavy atom. The molecule has 0 aliphatic rings. The number of carboxylic acids is 1. The Morgan fingerprint density at radius 2 is 1.97 bits per heavy atom. The topological polar surface area (TPSA) is 220 Å². The van der Waals surface area contributed by atoms with Crippen molar-refractivity contribution in [1.82, 2.24) is 10.5 Å². The number of aryl methyl sites for hydroxylation is 2. The third kappa shape index (κ3) is 8.38. The van der Waals surface area contributed by atoms with Gasteiger partial charge in [0, 0.05) is 31.0 Å². The lowest BCUT2D eigenvalue weighted by atomic mass is 10.1. The van der Waals surface area contributed by atoms with Crippen molar-refractivity contribution < 1.29 is 32.4 Å². The fraction of sp³-hybridized carbons (Fsp3) is 0.292. The zero-order valence-corrected chi connectivity index (χ0v) is 22.5. The van der Waals surface area contributed by atoms with Gasteiger partial charge in [0.2, 0.25) is 0 Å². The maximum Gasteiger partial charge on any atom is 0.326 e. The van der Waals surface area contributed by atoms with Crippen LogP contribution in [0.25, 0.3) is 0 Å². The molecule has 1 atom stereocenters. The number of aromatic nitrogens is 1. The number of aliphatic imine (C=N–C) groups is 1. The van der Waals surface area contributed by atoms with Crippen LogP contribution < -0.4 is 21.5 Å². The van der Waals surface area contributed by atoms with E-state index >= 15 is 0 Å². The van der Waals surface area contributed by atoms with Crippen molar-refractivity contribution in [2.45, 2.75) is 43.5 Å². The molecule has 3 aromatic rings. The van der Waals surface area contributed by atoms with E-state index in [9.17, 15) is 27.9 Å². The molecule has 7 N–H and O–H groups in total. The largest absolute Gasteiger partial charge is 0.480 e. The van der Waals surface area contributed by atoms with E-state index in [2.05, 4.69) is 20.2 Å². The van der Waals surface area contributed by atoms with Crippen LogP contribution >= 0.6 is 11.3 Å². The maximum atomic E-state index is 13.1. The van der Waals surface area contributed by atoms with E-state index < -0.39 is 27.9 Å². The molecule has 0 saturated heterocycles. The van der Waals surface area contributed by atoms with Gasteiger partial charge in [-0.15, -0.1) is 11.3 Å². The van der Waals surface area contributed by atoms with Crippen molar-refractivity contribution >= 4 is 50.7 Å². The van der Waals surface area contributed by atoms with Crippen LogP contribution in [0.15, 0.2) is 56.2 Å². The number of nitrogens with two attached hydrogens (primary N) is 2. The molecule has 2 aromatic heterocycles. The van der Waals surface area contributed by atoms with Crippen LogP contribution in [-0.4, -0.2) is 54.9 Å². The molecular formula is C24H28N6O7S2. The molecule has 3 rings (SSSR count). The van der Waals surface area contributed by atoms with Crippen molar-refractivity contribution in [2.24, 2.45) is 16.5 Å². The molecule has 0 aliphatic heterocycles. The molecule has 13 nitrogen and oxygen atoms in total. The minimum atomic E-state index is -4.19. The number of hydrogen-bond acceptors (Lipinski definition) is 9. The molecule has 0 radical (unpaired) electrons. The van der Waals surface area contributed by atoms with Crippen molar-refractivity contribution in [1.29, 1.82) is 0 Å². The molecule has 0 fully saturated rings. The second-order valence-corrected chi connectivity index (χ2v) is 11.1. The van der Waals surface area contributed by atoms with Gasteiger partial charge in [0.25, 0.3) is 15.9 Å². The van der Waals surface area contributed by atoms with E-state index in [-0.39, 0.29) is 52.2 Å². The lowest BCUT2D eigenvalue weighted by Crippen LogP contribution is -2.40. The maximum absolute atomic E-state index is 13.1. The van der Waals surface area contributed by atoms with Gasteiger partial charge in [0.05, 0.1) is 16.3 Å². The summed E-state index contributed by atoms with van der Waals surface area (Å²) in [6.45, 7) is 1.93. The Balaban J connectivity index is 1.68. The van der Waals surface area contributed by atoms with Gasteiger partial charge in [-0.2, -0.15) is 0 Å². The molecule has 0 aliphatic carbocycles. The van der Waals surface area contributed by atoms with Crippen molar-refractivity contribution in [3.63, 3.8) is 0 Å². The number of carbonyl (C=O) groups is 3. The Morgan fingerprint density at radius 1 is 1.21 bits per heavy atom. The van der Waals surface area contributed by atoms with Gasteiger partial charge in [0.15, 0.2) is 11.7 Å². The zero-order chi connectivity index (χ0) is 28.6. The number of hydrogen-bond donors (Lipinski definition) is 5. The van der Waals surface area contributed by atoms with Crippen LogP contribution in [-0.2, 0) is 21.2 Å². The Kier molecular flexibility index (Phi) is 9.78. The highest BCUT2D eigenvalue weighted by Crippen LogP contribution is 2.26. The number of aliphatic carboxylic acids is 1. The van der Waals surface area contributed by atoms with Crippen molar-refractivity contribution in [3.8, 4) is 0 Å². The highest BCUT2D eigenvalue weighted by molar-refractivity contribution is 7.92. The highest BCUT2D eigenvalue weighted by Gasteiger charge is 2.25. The number of nitrogens with zero attached hydrogens (tertiary/aromatic N) is 2. The number of amides is 1. The number of nitrogens with one attached hydrogen (secondary N) is 2. The van der Waals surface area contributed by atoms with Crippen LogP contribution in [0, 0.1) is 6.92 Å². The lowest BCUT2D eigenvalue weighted by molar-refractivity contribution is -0.139. The number of ketones is 1. The molecule has 0 spiro atoms. The predicted molar refractivity (Wildman–Crippen MR) is 144 cm³/mol. The van der Waals surface area contributed by atoms with Crippen molar-refractivity contribution in [2.75, 3.05) is 11.3 Å². The monoisotopic (exact) mass is 576 g/mol. The number of Topliss-reactive ketones (excluding diaryl/α,β-unsaturated/α-hetero) is 1. The number of carbonyl (C=O) groups excluding carboxylic acids is 2. The van der Waals surface area contributed by atoms with E-state index in [0.717, 1.165) is 11.3 Å². The van der Waals surface area contributed by atoms with E-state index in [4.69, 9.17) is 16.0 Å². The van der Waals surface area contributed by atoms with Gasteiger partial charge in [0.1, 0.15) is 16.7 Å². The first-order valence-electron chi connectivity index (χ1n) is 11.7. The fourth-order valence-electron chi connectivity index (χ4n) is 3.51. The summed E-state index contributed by atoms with van der Waals surface area (Å²) in [4.78, 5) is 40.7. The van der Waals surface area contributed by atoms with Gasteiger partial charge in [-0.25, -0.2) is 13.2 Å². The quantitative estimate of drug-likeness (QED) is 0.0811. The van der Waals surface area contributed by atoms with Crippen molar-refractivity contribution in [3.05, 3.63) is 63.7 Å². The Labute approximate surface area is 228 Å². The molecule has 0 bridgehead atoms. The second kappa shape index (κ2) is 13.0. The fourth-order valence-corrected chi connectivity index (χ4v) is 5.45. The summed E-state index contributed by atoms with van der Waals surface area (Å²) >= 11 is 0.939. The minimum Gasteiger partial charge on any atom is -0.480 e.